The Morgan fingerprint density at radius 2 is 0.824 bits per heavy atom. The van der Waals surface area contributed by atoms with E-state index in [4.69, 9.17) is 28.4 Å². The number of amides is 1. The topological polar surface area (TPSA) is 307 Å². The average Bonchev–Trinajstić information content (AvgIpc) is 2.72. The number of hydrogen-bond donors (Lipinski definition) is 12. The van der Waals surface area contributed by atoms with Crippen LogP contribution in [-0.4, -0.2) is 193 Å². The summed E-state index contributed by atoms with van der Waals surface area (Å²) in [6.45, 7) is 1.57. The molecule has 85 heavy (non-hydrogen) atoms. The van der Waals surface area contributed by atoms with Crippen LogP contribution in [0.3, 0.4) is 0 Å². The van der Waals surface area contributed by atoms with E-state index in [9.17, 15) is 61.0 Å². The molecule has 3 rings (SSSR count). The van der Waals surface area contributed by atoms with Gasteiger partial charge in [0.05, 0.1) is 38.6 Å². The van der Waals surface area contributed by atoms with E-state index in [2.05, 4.69) is 79.9 Å². The summed E-state index contributed by atoms with van der Waals surface area (Å²) in [5, 5.41) is 120. The SMILES string of the molecule is CC/C=C\C/C=C\C/C=C\C/C=C\CCCCCCCCCCCCCCCCC(=O)NC(COC1OC(CO)C(OC2OC(CO)C(OC3OC(CO)C(O)C(O)C3O)C(O)C2O)C(O)C1O)C(O)/C=C/CC/C=C/CCCCCCCCC. The molecule has 19 nitrogen and oxygen atoms in total. The lowest BCUT2D eigenvalue weighted by Crippen LogP contribution is -2.66. The minimum atomic E-state index is -1.98. The molecule has 3 saturated heterocycles. The Morgan fingerprint density at radius 3 is 1.32 bits per heavy atom. The molecule has 1 amide bonds. The van der Waals surface area contributed by atoms with Crippen molar-refractivity contribution in [2.75, 3.05) is 26.4 Å². The van der Waals surface area contributed by atoms with Gasteiger partial charge >= 0.3 is 0 Å². The van der Waals surface area contributed by atoms with Gasteiger partial charge in [-0.25, -0.2) is 0 Å². The number of carbonyl (C=O) groups is 1. The first-order valence-corrected chi connectivity index (χ1v) is 32.7. The Labute approximate surface area is 508 Å². The summed E-state index contributed by atoms with van der Waals surface area (Å²) in [5.74, 6) is -0.290. The molecule has 0 aromatic carbocycles. The molecular formula is C66H115NO18. The molecule has 492 valence electrons. The van der Waals surface area contributed by atoms with Crippen molar-refractivity contribution < 1.29 is 89.4 Å². The predicted octanol–water partition coefficient (Wildman–Crippen LogP) is 7.38. The molecule has 0 saturated carbocycles. The van der Waals surface area contributed by atoms with Crippen LogP contribution in [0, 0.1) is 0 Å². The van der Waals surface area contributed by atoms with Crippen molar-refractivity contribution in [3.8, 4) is 0 Å². The van der Waals surface area contributed by atoms with E-state index in [0.29, 0.717) is 12.8 Å². The minimum absolute atomic E-state index is 0.231. The number of rotatable bonds is 48. The summed E-state index contributed by atoms with van der Waals surface area (Å²) in [5.41, 5.74) is 0. The molecule has 3 aliphatic heterocycles. The number of hydrogen-bond acceptors (Lipinski definition) is 18. The van der Waals surface area contributed by atoms with E-state index in [-0.39, 0.29) is 18.9 Å². The van der Waals surface area contributed by atoms with Gasteiger partial charge in [-0.3, -0.25) is 4.79 Å². The van der Waals surface area contributed by atoms with Gasteiger partial charge in [-0.2, -0.15) is 0 Å². The Hall–Kier alpha value is -2.77. The second-order valence-corrected chi connectivity index (χ2v) is 23.2. The summed E-state index contributed by atoms with van der Waals surface area (Å²) >= 11 is 0. The summed E-state index contributed by atoms with van der Waals surface area (Å²) in [6, 6.07) is -0.992. The summed E-state index contributed by atoms with van der Waals surface area (Å²) in [7, 11) is 0. The van der Waals surface area contributed by atoms with Crippen LogP contribution in [0.25, 0.3) is 0 Å². The van der Waals surface area contributed by atoms with Crippen molar-refractivity contribution in [2.45, 2.75) is 311 Å². The van der Waals surface area contributed by atoms with Gasteiger partial charge < -0.3 is 89.9 Å². The lowest BCUT2D eigenvalue weighted by Gasteiger charge is -2.48. The lowest BCUT2D eigenvalue weighted by molar-refractivity contribution is -0.379. The normalized spacial score (nSPS) is 29.4. The van der Waals surface area contributed by atoms with Crippen LogP contribution in [0.1, 0.15) is 206 Å². The minimum Gasteiger partial charge on any atom is -0.394 e. The van der Waals surface area contributed by atoms with Gasteiger partial charge in [0, 0.05) is 6.42 Å². The third kappa shape index (κ3) is 31.0. The van der Waals surface area contributed by atoms with Crippen LogP contribution in [-0.2, 0) is 33.2 Å². The maximum Gasteiger partial charge on any atom is 0.220 e. The molecule has 12 N–H and O–H groups in total. The third-order valence-electron chi connectivity index (χ3n) is 16.0. The molecule has 19 heteroatoms. The maximum absolute atomic E-state index is 13.4. The molecule has 0 radical (unpaired) electrons. The molecule has 17 atom stereocenters. The van der Waals surface area contributed by atoms with Crippen molar-refractivity contribution >= 4 is 5.91 Å². The van der Waals surface area contributed by atoms with Crippen LogP contribution in [0.15, 0.2) is 72.9 Å². The smallest absolute Gasteiger partial charge is 0.220 e. The van der Waals surface area contributed by atoms with Gasteiger partial charge in [0.15, 0.2) is 18.9 Å². The van der Waals surface area contributed by atoms with Crippen LogP contribution in [0.4, 0.5) is 0 Å². The molecule has 0 aliphatic carbocycles. The summed E-state index contributed by atoms with van der Waals surface area (Å²) < 4.78 is 34.3. The molecule has 0 aromatic heterocycles. The van der Waals surface area contributed by atoms with Gasteiger partial charge in [-0.1, -0.05) is 202 Å². The number of carbonyl (C=O) groups excluding carboxylic acids is 1. The number of allylic oxidation sites excluding steroid dienone is 11. The van der Waals surface area contributed by atoms with E-state index >= 15 is 0 Å². The van der Waals surface area contributed by atoms with Crippen molar-refractivity contribution in [3.05, 3.63) is 72.9 Å². The fraction of sp³-hybridized carbons (Fsp3) is 0.803. The molecule has 0 aromatic rings. The van der Waals surface area contributed by atoms with E-state index in [1.807, 2.05) is 6.08 Å². The zero-order chi connectivity index (χ0) is 61.9. The zero-order valence-corrected chi connectivity index (χ0v) is 51.6. The maximum atomic E-state index is 13.4. The number of aliphatic hydroxyl groups is 11. The molecule has 3 fully saturated rings. The highest BCUT2D eigenvalue weighted by Crippen LogP contribution is 2.33. The van der Waals surface area contributed by atoms with Crippen LogP contribution < -0.4 is 5.32 Å². The highest BCUT2D eigenvalue weighted by molar-refractivity contribution is 5.76. The molecule has 0 spiro atoms. The Morgan fingerprint density at radius 1 is 0.435 bits per heavy atom. The van der Waals surface area contributed by atoms with Crippen molar-refractivity contribution in [1.29, 1.82) is 0 Å². The van der Waals surface area contributed by atoms with E-state index in [1.54, 1.807) is 6.08 Å². The second-order valence-electron chi connectivity index (χ2n) is 23.2. The Bertz CT molecular complexity index is 1830. The predicted molar refractivity (Wildman–Crippen MR) is 328 cm³/mol. The van der Waals surface area contributed by atoms with Crippen LogP contribution in [0.2, 0.25) is 0 Å². The monoisotopic (exact) mass is 1210 g/mol. The van der Waals surface area contributed by atoms with E-state index in [0.717, 1.165) is 70.6 Å². The Balaban J connectivity index is 1.42. The summed E-state index contributed by atoms with van der Waals surface area (Å²) in [4.78, 5) is 13.4. The number of nitrogens with one attached hydrogen (secondary N) is 1. The Kier molecular flexibility index (Phi) is 43.3. The molecule has 3 heterocycles. The third-order valence-corrected chi connectivity index (χ3v) is 16.0. The standard InChI is InChI=1S/C66H115NO18/c1-3-5-7-9-11-13-15-17-18-19-20-21-22-23-24-25-26-27-28-29-30-32-34-36-38-40-42-44-54(72)67-49(50(71)43-41-39-37-35-33-31-16-14-12-10-8-6-4-2)48-80-64-60(78)57(75)62(52(46-69)82-64)85-66-61(79)58(76)63(53(47-70)83-66)84-65-59(77)56(74)55(73)51(45-68)81-65/h5,7,11,13,17-18,20-21,33,35,41,43,49-53,55-66,68-71,73-79H,3-4,6,8-10,12,14-16,19,22-32,34,36-40,42,44-48H2,1-2H3,(H,67,72)/b7-5-,13-11-,18-17-,21-20-,35-33+,43-41+. The fourth-order valence-corrected chi connectivity index (χ4v) is 10.7. The van der Waals surface area contributed by atoms with E-state index < -0.39 is 124 Å². The van der Waals surface area contributed by atoms with Gasteiger partial charge in [0.25, 0.3) is 0 Å². The number of aliphatic hydroxyl groups excluding tert-OH is 11. The molecule has 0 bridgehead atoms. The van der Waals surface area contributed by atoms with Gasteiger partial charge in [-0.05, 0) is 70.6 Å². The quantitative estimate of drug-likeness (QED) is 0.0209. The largest absolute Gasteiger partial charge is 0.394 e. The molecular weight excluding hydrogens is 1090 g/mol. The summed E-state index contributed by atoms with van der Waals surface area (Å²) in [6.07, 6.45) is 31.7. The van der Waals surface area contributed by atoms with Crippen molar-refractivity contribution in [3.63, 3.8) is 0 Å². The van der Waals surface area contributed by atoms with Gasteiger partial charge in [-0.15, -0.1) is 0 Å². The fourth-order valence-electron chi connectivity index (χ4n) is 10.7. The van der Waals surface area contributed by atoms with E-state index in [1.165, 1.54) is 103 Å². The van der Waals surface area contributed by atoms with Crippen molar-refractivity contribution in [1.82, 2.24) is 5.32 Å². The average molecular weight is 1210 g/mol. The first-order valence-electron chi connectivity index (χ1n) is 32.7. The van der Waals surface area contributed by atoms with Crippen LogP contribution in [0.5, 0.6) is 0 Å². The van der Waals surface area contributed by atoms with Crippen molar-refractivity contribution in [2.24, 2.45) is 0 Å². The number of unbranched alkanes of at least 4 members (excludes halogenated alkanes) is 22. The molecule has 3 aliphatic rings. The zero-order valence-electron chi connectivity index (χ0n) is 51.6. The van der Waals surface area contributed by atoms with Gasteiger partial charge in [0.2, 0.25) is 5.91 Å². The number of ether oxygens (including phenoxy) is 6. The first kappa shape index (κ1) is 76.5. The highest BCUT2D eigenvalue weighted by atomic mass is 16.8. The first-order chi connectivity index (χ1) is 41.3. The second kappa shape index (κ2) is 48.1. The molecule has 17 unspecified atom stereocenters. The van der Waals surface area contributed by atoms with Gasteiger partial charge in [0.1, 0.15) is 73.2 Å². The lowest BCUT2D eigenvalue weighted by atomic mass is 9.96. The van der Waals surface area contributed by atoms with Crippen LogP contribution >= 0.6 is 0 Å². The highest BCUT2D eigenvalue weighted by Gasteiger charge is 2.53.